The van der Waals surface area contributed by atoms with E-state index in [2.05, 4.69) is 10.4 Å². The fourth-order valence-electron chi connectivity index (χ4n) is 3.92. The van der Waals surface area contributed by atoms with Gasteiger partial charge in [0.2, 0.25) is 17.7 Å². The predicted molar refractivity (Wildman–Crippen MR) is 129 cm³/mol. The number of aromatic nitrogens is 2. The number of para-hydroxylation sites is 1. The molecule has 2 aromatic carbocycles. The Kier molecular flexibility index (Phi) is 7.30. The van der Waals surface area contributed by atoms with E-state index in [1.165, 1.54) is 15.8 Å². The molecule has 1 aliphatic heterocycles. The van der Waals surface area contributed by atoms with Gasteiger partial charge in [-0.25, -0.2) is 0 Å². The van der Waals surface area contributed by atoms with Gasteiger partial charge in [0, 0.05) is 36.6 Å². The van der Waals surface area contributed by atoms with E-state index >= 15 is 0 Å². The minimum absolute atomic E-state index is 0.0141. The first-order valence-corrected chi connectivity index (χ1v) is 11.1. The van der Waals surface area contributed by atoms with Crippen molar-refractivity contribution >= 4 is 29.1 Å². The molecule has 0 atom stereocenters. The zero-order chi connectivity index (χ0) is 24.8. The third-order valence-corrected chi connectivity index (χ3v) is 5.70. The second-order valence-corrected chi connectivity index (χ2v) is 8.03. The van der Waals surface area contributed by atoms with Crippen molar-refractivity contribution in [1.29, 1.82) is 0 Å². The van der Waals surface area contributed by atoms with E-state index in [9.17, 15) is 14.4 Å². The van der Waals surface area contributed by atoms with E-state index in [0.717, 1.165) is 11.3 Å². The predicted octanol–water partition coefficient (Wildman–Crippen LogP) is 1.96. The minimum Gasteiger partial charge on any atom is -0.497 e. The van der Waals surface area contributed by atoms with E-state index < -0.39 is 0 Å². The van der Waals surface area contributed by atoms with Crippen LogP contribution >= 0.6 is 0 Å². The highest BCUT2D eigenvalue weighted by Gasteiger charge is 2.28. The van der Waals surface area contributed by atoms with Crippen LogP contribution in [-0.2, 0) is 27.3 Å². The number of amides is 3. The van der Waals surface area contributed by atoms with Crippen LogP contribution in [0.2, 0.25) is 0 Å². The Balaban J connectivity index is 1.30. The number of nitrogens with zero attached hydrogens (tertiary/aromatic N) is 4. The molecule has 3 aromatic rings. The van der Waals surface area contributed by atoms with Crippen molar-refractivity contribution in [3.63, 3.8) is 0 Å². The van der Waals surface area contributed by atoms with Gasteiger partial charge < -0.3 is 24.6 Å². The number of carbonyl (C=O) groups is 3. The summed E-state index contributed by atoms with van der Waals surface area (Å²) in [5.74, 6) is 0.698. The molecule has 0 unspecified atom stereocenters. The molecule has 0 spiro atoms. The number of methoxy groups -OCH3 is 2. The van der Waals surface area contributed by atoms with Gasteiger partial charge in [0.1, 0.15) is 24.6 Å². The largest absolute Gasteiger partial charge is 0.497 e. The fraction of sp³-hybridized carbons (Fsp3) is 0.280. The Bertz CT molecular complexity index is 1220. The molecule has 0 bridgehead atoms. The molecule has 0 aliphatic carbocycles. The number of ether oxygens (including phenoxy) is 2. The van der Waals surface area contributed by atoms with Crippen LogP contribution < -0.4 is 19.7 Å². The highest BCUT2D eigenvalue weighted by atomic mass is 16.5. The molecular formula is C25H27N5O5. The van der Waals surface area contributed by atoms with Gasteiger partial charge in [-0.3, -0.25) is 19.1 Å². The third kappa shape index (κ3) is 5.78. The van der Waals surface area contributed by atoms with Gasteiger partial charge in [-0.05, 0) is 18.2 Å². The topological polar surface area (TPSA) is 106 Å². The van der Waals surface area contributed by atoms with Crippen molar-refractivity contribution in [1.82, 2.24) is 14.7 Å². The van der Waals surface area contributed by atoms with Crippen molar-refractivity contribution in [2.45, 2.75) is 13.0 Å². The van der Waals surface area contributed by atoms with Crippen molar-refractivity contribution in [3.05, 3.63) is 66.5 Å². The van der Waals surface area contributed by atoms with Gasteiger partial charge in [0.15, 0.2) is 0 Å². The van der Waals surface area contributed by atoms with Crippen LogP contribution in [0.1, 0.15) is 5.56 Å². The van der Waals surface area contributed by atoms with Crippen molar-refractivity contribution in [3.8, 4) is 11.5 Å². The molecule has 1 saturated heterocycles. The first-order chi connectivity index (χ1) is 17.0. The number of benzene rings is 2. The standard InChI is InChI=1S/C25H27N5O5/c1-34-21-8-5-7-20(13-21)30-11-10-28(16-25(30)33)24(32)17-29-15-19(14-26-29)27-23(31)12-18-6-3-4-9-22(18)35-2/h3-9,13-15H,10-12,16-17H2,1-2H3,(H,27,31). The molecule has 1 fully saturated rings. The van der Waals surface area contributed by atoms with Crippen LogP contribution in [0, 0.1) is 0 Å². The number of hydrogen-bond donors (Lipinski definition) is 1. The van der Waals surface area contributed by atoms with Crippen LogP contribution in [0.15, 0.2) is 60.9 Å². The van der Waals surface area contributed by atoms with E-state index in [-0.39, 0.29) is 37.2 Å². The Hall–Kier alpha value is -4.34. The number of carbonyl (C=O) groups excluding carboxylic acids is 3. The fourth-order valence-corrected chi connectivity index (χ4v) is 3.92. The van der Waals surface area contributed by atoms with Crippen molar-refractivity contribution in [2.75, 3.05) is 44.1 Å². The van der Waals surface area contributed by atoms with Gasteiger partial charge in [-0.2, -0.15) is 5.10 Å². The van der Waals surface area contributed by atoms with Crippen molar-refractivity contribution < 1.29 is 23.9 Å². The SMILES string of the molecule is COc1cccc(N2CCN(C(=O)Cn3cc(NC(=O)Cc4ccccc4OC)cn3)CC2=O)c1. The summed E-state index contributed by atoms with van der Waals surface area (Å²) in [6.07, 6.45) is 3.22. The Morgan fingerprint density at radius 2 is 1.89 bits per heavy atom. The lowest BCUT2D eigenvalue weighted by atomic mass is 10.1. The lowest BCUT2D eigenvalue weighted by Gasteiger charge is -2.34. The molecule has 35 heavy (non-hydrogen) atoms. The molecule has 10 heteroatoms. The summed E-state index contributed by atoms with van der Waals surface area (Å²) < 4.78 is 12.0. The molecule has 1 aliphatic rings. The van der Waals surface area contributed by atoms with Crippen LogP contribution in [0.3, 0.4) is 0 Å². The lowest BCUT2D eigenvalue weighted by Crippen LogP contribution is -2.53. The second kappa shape index (κ2) is 10.7. The van der Waals surface area contributed by atoms with Crippen LogP contribution in [0.5, 0.6) is 11.5 Å². The van der Waals surface area contributed by atoms with Gasteiger partial charge in [-0.15, -0.1) is 0 Å². The smallest absolute Gasteiger partial charge is 0.246 e. The second-order valence-electron chi connectivity index (χ2n) is 8.03. The molecular weight excluding hydrogens is 450 g/mol. The maximum absolute atomic E-state index is 12.8. The molecule has 1 aromatic heterocycles. The maximum atomic E-state index is 12.8. The Labute approximate surface area is 203 Å². The van der Waals surface area contributed by atoms with E-state index in [1.54, 1.807) is 37.4 Å². The normalized spacial score (nSPS) is 13.5. The molecule has 0 saturated carbocycles. The average Bonchev–Trinajstić information content (AvgIpc) is 3.30. The summed E-state index contributed by atoms with van der Waals surface area (Å²) in [6.45, 7) is 0.751. The Morgan fingerprint density at radius 1 is 1.06 bits per heavy atom. The number of anilines is 2. The van der Waals surface area contributed by atoms with Crippen LogP contribution in [-0.4, -0.2) is 66.3 Å². The van der Waals surface area contributed by atoms with Crippen molar-refractivity contribution in [2.24, 2.45) is 0 Å². The summed E-state index contributed by atoms with van der Waals surface area (Å²) in [4.78, 5) is 41.1. The number of hydrogen-bond acceptors (Lipinski definition) is 6. The van der Waals surface area contributed by atoms with Crippen LogP contribution in [0.4, 0.5) is 11.4 Å². The molecule has 0 radical (unpaired) electrons. The molecule has 1 N–H and O–H groups in total. The average molecular weight is 478 g/mol. The maximum Gasteiger partial charge on any atom is 0.246 e. The monoisotopic (exact) mass is 477 g/mol. The number of piperazine rings is 1. The quantitative estimate of drug-likeness (QED) is 0.532. The van der Waals surface area contributed by atoms with E-state index in [1.807, 2.05) is 36.4 Å². The number of rotatable bonds is 8. The van der Waals surface area contributed by atoms with Gasteiger partial charge in [-0.1, -0.05) is 24.3 Å². The van der Waals surface area contributed by atoms with Gasteiger partial charge in [0.25, 0.3) is 0 Å². The summed E-state index contributed by atoms with van der Waals surface area (Å²) in [5, 5.41) is 6.95. The van der Waals surface area contributed by atoms with E-state index in [0.29, 0.717) is 30.3 Å². The molecule has 3 amide bonds. The summed E-state index contributed by atoms with van der Waals surface area (Å²) in [6, 6.07) is 14.6. The van der Waals surface area contributed by atoms with Crippen LogP contribution in [0.25, 0.3) is 0 Å². The Morgan fingerprint density at radius 3 is 2.66 bits per heavy atom. The van der Waals surface area contributed by atoms with E-state index in [4.69, 9.17) is 9.47 Å². The minimum atomic E-state index is -0.223. The first-order valence-electron chi connectivity index (χ1n) is 11.1. The zero-order valence-corrected chi connectivity index (χ0v) is 19.6. The number of nitrogens with one attached hydrogen (secondary N) is 1. The third-order valence-electron chi connectivity index (χ3n) is 5.70. The highest BCUT2D eigenvalue weighted by Crippen LogP contribution is 2.23. The molecule has 4 rings (SSSR count). The summed E-state index contributed by atoms with van der Waals surface area (Å²) in [7, 11) is 3.13. The molecule has 10 nitrogen and oxygen atoms in total. The highest BCUT2D eigenvalue weighted by molar-refractivity contribution is 5.98. The lowest BCUT2D eigenvalue weighted by molar-refractivity contribution is -0.137. The molecule has 2 heterocycles. The zero-order valence-electron chi connectivity index (χ0n) is 19.6. The summed E-state index contributed by atoms with van der Waals surface area (Å²) in [5.41, 5.74) is 1.99. The summed E-state index contributed by atoms with van der Waals surface area (Å²) >= 11 is 0. The van der Waals surface area contributed by atoms with Gasteiger partial charge >= 0.3 is 0 Å². The van der Waals surface area contributed by atoms with Gasteiger partial charge in [0.05, 0.1) is 32.5 Å². The molecule has 182 valence electrons. The first kappa shape index (κ1) is 23.8.